The van der Waals surface area contributed by atoms with Crippen molar-refractivity contribution >= 4 is 0 Å². The molecular weight excluding hydrogens is 304 g/mol. The standard InChI is InChI=1S/C15H21N2O.BrH/c1-17(2)10-8-15(12-16,9-11-17)13-4-6-14(18-3)7-5-13;/h4-7H,8-11H2,1-3H3;1H/q+1;/p-1. The Hall–Kier alpha value is -1.05. The number of nitriles is 1. The summed E-state index contributed by atoms with van der Waals surface area (Å²) in [7, 11) is 6.13. The smallest absolute Gasteiger partial charge is 0.118 e. The maximum atomic E-state index is 9.60. The van der Waals surface area contributed by atoms with Crippen LogP contribution in [0.5, 0.6) is 5.75 Å². The Bertz CT molecular complexity index is 452. The zero-order valence-corrected chi connectivity index (χ0v) is 13.4. The predicted octanol–water partition coefficient (Wildman–Crippen LogP) is -0.669. The van der Waals surface area contributed by atoms with Crippen LogP contribution in [-0.2, 0) is 5.41 Å². The van der Waals surface area contributed by atoms with Crippen molar-refractivity contribution in [3.8, 4) is 11.8 Å². The molecule has 1 aromatic carbocycles. The molecule has 1 aromatic rings. The van der Waals surface area contributed by atoms with Crippen molar-refractivity contribution in [1.82, 2.24) is 0 Å². The summed E-state index contributed by atoms with van der Waals surface area (Å²) in [6, 6.07) is 10.5. The Kier molecular flexibility index (Phi) is 5.00. The van der Waals surface area contributed by atoms with Crippen LogP contribution >= 0.6 is 0 Å². The SMILES string of the molecule is COc1ccc(C2(C#N)CC[N+](C)(C)CC2)cc1.[Br-]. The zero-order chi connectivity index (χ0) is 13.2. The monoisotopic (exact) mass is 324 g/mol. The Morgan fingerprint density at radius 3 is 2.11 bits per heavy atom. The van der Waals surface area contributed by atoms with Crippen molar-refractivity contribution in [3.63, 3.8) is 0 Å². The lowest BCUT2D eigenvalue weighted by atomic mass is 9.73. The van der Waals surface area contributed by atoms with E-state index in [0.29, 0.717) is 0 Å². The summed E-state index contributed by atoms with van der Waals surface area (Å²) in [5.74, 6) is 0.846. The zero-order valence-electron chi connectivity index (χ0n) is 11.8. The molecule has 1 fully saturated rings. The topological polar surface area (TPSA) is 33.0 Å². The van der Waals surface area contributed by atoms with Gasteiger partial charge in [-0.25, -0.2) is 0 Å². The Labute approximate surface area is 126 Å². The first-order chi connectivity index (χ1) is 8.51. The molecule has 0 aromatic heterocycles. The average molecular weight is 325 g/mol. The van der Waals surface area contributed by atoms with Gasteiger partial charge in [0.2, 0.25) is 0 Å². The second kappa shape index (κ2) is 5.94. The second-order valence-corrected chi connectivity index (χ2v) is 5.81. The fourth-order valence-corrected chi connectivity index (χ4v) is 2.60. The highest BCUT2D eigenvalue weighted by Crippen LogP contribution is 2.36. The second-order valence-electron chi connectivity index (χ2n) is 5.81. The fourth-order valence-electron chi connectivity index (χ4n) is 2.60. The van der Waals surface area contributed by atoms with Crippen LogP contribution in [0.15, 0.2) is 24.3 Å². The largest absolute Gasteiger partial charge is 1.00 e. The highest BCUT2D eigenvalue weighted by Gasteiger charge is 2.40. The predicted molar refractivity (Wildman–Crippen MR) is 71.4 cm³/mol. The summed E-state index contributed by atoms with van der Waals surface area (Å²) < 4.78 is 6.18. The first kappa shape index (κ1) is 16.0. The molecule has 1 aliphatic heterocycles. The number of methoxy groups -OCH3 is 1. The molecule has 2 rings (SSSR count). The molecule has 0 radical (unpaired) electrons. The number of nitrogens with zero attached hydrogens (tertiary/aromatic N) is 2. The molecule has 3 nitrogen and oxygen atoms in total. The first-order valence-electron chi connectivity index (χ1n) is 6.39. The number of ether oxygens (including phenoxy) is 1. The van der Waals surface area contributed by atoms with E-state index in [9.17, 15) is 5.26 Å². The Balaban J connectivity index is 0.00000180. The maximum absolute atomic E-state index is 9.60. The Morgan fingerprint density at radius 2 is 1.68 bits per heavy atom. The van der Waals surface area contributed by atoms with E-state index in [1.807, 2.05) is 24.3 Å². The van der Waals surface area contributed by atoms with E-state index in [1.54, 1.807) is 7.11 Å². The van der Waals surface area contributed by atoms with Crippen molar-refractivity contribution < 1.29 is 26.2 Å². The summed E-state index contributed by atoms with van der Waals surface area (Å²) in [6.45, 7) is 2.11. The summed E-state index contributed by atoms with van der Waals surface area (Å²) >= 11 is 0. The molecule has 0 bridgehead atoms. The minimum Gasteiger partial charge on any atom is -1.00 e. The van der Waals surface area contributed by atoms with Gasteiger partial charge in [0.25, 0.3) is 0 Å². The lowest BCUT2D eigenvalue weighted by Crippen LogP contribution is -3.00. The number of benzene rings is 1. The molecule has 0 spiro atoms. The molecule has 1 saturated heterocycles. The molecular formula is C15H21BrN2O. The van der Waals surface area contributed by atoms with Crippen LogP contribution in [-0.4, -0.2) is 38.8 Å². The van der Waals surface area contributed by atoms with Crippen LogP contribution in [0, 0.1) is 11.3 Å². The van der Waals surface area contributed by atoms with Crippen molar-refractivity contribution in [2.45, 2.75) is 18.3 Å². The van der Waals surface area contributed by atoms with E-state index in [1.165, 1.54) is 0 Å². The Morgan fingerprint density at radius 1 is 1.16 bits per heavy atom. The van der Waals surface area contributed by atoms with Gasteiger partial charge in [0.15, 0.2) is 0 Å². The quantitative estimate of drug-likeness (QED) is 0.676. The van der Waals surface area contributed by atoms with E-state index >= 15 is 0 Å². The maximum Gasteiger partial charge on any atom is 0.118 e. The van der Waals surface area contributed by atoms with E-state index in [-0.39, 0.29) is 22.4 Å². The van der Waals surface area contributed by atoms with Crippen LogP contribution < -0.4 is 21.7 Å². The molecule has 0 atom stereocenters. The van der Waals surface area contributed by atoms with Crippen LogP contribution in [0.4, 0.5) is 0 Å². The van der Waals surface area contributed by atoms with Gasteiger partial charge in [-0.2, -0.15) is 5.26 Å². The van der Waals surface area contributed by atoms with Crippen LogP contribution in [0.3, 0.4) is 0 Å². The first-order valence-corrected chi connectivity index (χ1v) is 6.39. The van der Waals surface area contributed by atoms with Gasteiger partial charge in [0.05, 0.1) is 45.8 Å². The normalized spacial score (nSPS) is 19.9. The minimum atomic E-state index is -0.306. The number of likely N-dealkylation sites (tertiary alicyclic amines) is 1. The molecule has 104 valence electrons. The van der Waals surface area contributed by atoms with Crippen molar-refractivity contribution in [2.24, 2.45) is 0 Å². The number of piperidine rings is 1. The molecule has 0 aliphatic carbocycles. The number of rotatable bonds is 2. The van der Waals surface area contributed by atoms with E-state index < -0.39 is 0 Å². The van der Waals surface area contributed by atoms with Crippen molar-refractivity contribution in [3.05, 3.63) is 29.8 Å². The lowest BCUT2D eigenvalue weighted by Gasteiger charge is -2.41. The van der Waals surface area contributed by atoms with Crippen LogP contribution in [0.1, 0.15) is 18.4 Å². The molecule has 19 heavy (non-hydrogen) atoms. The minimum absolute atomic E-state index is 0. The van der Waals surface area contributed by atoms with Gasteiger partial charge in [-0.05, 0) is 17.7 Å². The van der Waals surface area contributed by atoms with E-state index in [0.717, 1.165) is 41.7 Å². The lowest BCUT2D eigenvalue weighted by molar-refractivity contribution is -0.896. The third-order valence-corrected chi connectivity index (χ3v) is 4.14. The fraction of sp³-hybridized carbons (Fsp3) is 0.533. The third-order valence-electron chi connectivity index (χ3n) is 4.14. The number of hydrogen-bond donors (Lipinski definition) is 0. The number of halogens is 1. The van der Waals surface area contributed by atoms with Crippen LogP contribution in [0.25, 0.3) is 0 Å². The number of hydrogen-bond acceptors (Lipinski definition) is 2. The summed E-state index contributed by atoms with van der Waals surface area (Å²) in [5.41, 5.74) is 0.825. The van der Waals surface area contributed by atoms with Gasteiger partial charge in [-0.1, -0.05) is 12.1 Å². The summed E-state index contributed by atoms with van der Waals surface area (Å²) in [5, 5.41) is 9.60. The van der Waals surface area contributed by atoms with Gasteiger partial charge in [-0.15, -0.1) is 0 Å². The van der Waals surface area contributed by atoms with Crippen molar-refractivity contribution in [2.75, 3.05) is 34.3 Å². The summed E-state index contributed by atoms with van der Waals surface area (Å²) in [6.07, 6.45) is 1.87. The highest BCUT2D eigenvalue weighted by atomic mass is 79.9. The molecule has 1 aliphatic rings. The van der Waals surface area contributed by atoms with Gasteiger partial charge in [0.1, 0.15) is 5.75 Å². The van der Waals surface area contributed by atoms with Crippen LogP contribution in [0.2, 0.25) is 0 Å². The van der Waals surface area contributed by atoms with Crippen molar-refractivity contribution in [1.29, 1.82) is 5.26 Å². The molecule has 1 heterocycles. The molecule has 0 amide bonds. The average Bonchev–Trinajstić information content (AvgIpc) is 2.40. The van der Waals surface area contributed by atoms with E-state index in [2.05, 4.69) is 20.2 Å². The van der Waals surface area contributed by atoms with E-state index in [4.69, 9.17) is 4.74 Å². The van der Waals surface area contributed by atoms with Gasteiger partial charge < -0.3 is 26.2 Å². The highest BCUT2D eigenvalue weighted by molar-refractivity contribution is 5.37. The molecule has 4 heteroatoms. The third kappa shape index (κ3) is 3.29. The van der Waals surface area contributed by atoms with Gasteiger partial charge in [-0.3, -0.25) is 0 Å². The number of quaternary nitrogens is 1. The summed E-state index contributed by atoms with van der Waals surface area (Å²) in [4.78, 5) is 0. The molecule has 0 saturated carbocycles. The van der Waals surface area contributed by atoms with Gasteiger partial charge >= 0.3 is 0 Å². The molecule has 0 unspecified atom stereocenters. The molecule has 0 N–H and O–H groups in total. The van der Waals surface area contributed by atoms with Gasteiger partial charge in [0, 0.05) is 12.8 Å².